The second-order valence-corrected chi connectivity index (χ2v) is 17.2. The molecule has 54 heavy (non-hydrogen) atoms. The summed E-state index contributed by atoms with van der Waals surface area (Å²) in [7, 11) is -7.65. The van der Waals surface area contributed by atoms with E-state index < -0.39 is 43.4 Å². The van der Waals surface area contributed by atoms with Crippen LogP contribution < -0.4 is 20.5 Å². The van der Waals surface area contributed by atoms with Crippen molar-refractivity contribution >= 4 is 54.9 Å². The van der Waals surface area contributed by atoms with Crippen LogP contribution in [0.1, 0.15) is 41.5 Å². The van der Waals surface area contributed by atoms with E-state index in [1.165, 1.54) is 29.2 Å². The van der Waals surface area contributed by atoms with Crippen molar-refractivity contribution in [1.29, 1.82) is 0 Å². The van der Waals surface area contributed by atoms with E-state index in [0.29, 0.717) is 45.2 Å². The lowest BCUT2D eigenvalue weighted by atomic mass is 10.1. The molecule has 6 rings (SSSR count). The van der Waals surface area contributed by atoms with Gasteiger partial charge in [-0.2, -0.15) is 0 Å². The molecule has 6 N–H and O–H groups in total. The van der Waals surface area contributed by atoms with Gasteiger partial charge in [0.15, 0.2) is 0 Å². The third-order valence-electron chi connectivity index (χ3n) is 7.68. The second-order valence-electron chi connectivity index (χ2n) is 14.1. The van der Waals surface area contributed by atoms with Gasteiger partial charge in [-0.25, -0.2) is 46.7 Å². The Balaban J connectivity index is 0.000000208. The number of fused-ring (bicyclic) bond motifs is 2. The van der Waals surface area contributed by atoms with Crippen molar-refractivity contribution in [3.05, 3.63) is 97.6 Å². The molecule has 18 heteroatoms. The maximum Gasteiger partial charge on any atom is 0.412 e. The number of sulfonamides is 2. The van der Waals surface area contributed by atoms with Gasteiger partial charge in [-0.05, 0) is 90.1 Å². The number of primary sulfonamides is 2. The van der Waals surface area contributed by atoms with Crippen LogP contribution >= 0.6 is 0 Å². The van der Waals surface area contributed by atoms with Crippen molar-refractivity contribution in [3.8, 4) is 22.5 Å². The Morgan fingerprint density at radius 3 is 1.67 bits per heavy atom. The first kappa shape index (κ1) is 39.4. The first-order valence-electron chi connectivity index (χ1n) is 16.3. The highest BCUT2D eigenvalue weighted by molar-refractivity contribution is 7.89. The third-order valence-corrected chi connectivity index (χ3v) is 9.50. The number of anilines is 2. The number of carboxylic acid groups (broad SMARTS) is 1. The summed E-state index contributed by atoms with van der Waals surface area (Å²) >= 11 is 0. The summed E-state index contributed by atoms with van der Waals surface area (Å²) in [6.07, 6.45) is 4.93. The lowest BCUT2D eigenvalue weighted by molar-refractivity contribution is 0.0635. The summed E-state index contributed by atoms with van der Waals surface area (Å²) in [5, 5.41) is 22.7. The van der Waals surface area contributed by atoms with Crippen molar-refractivity contribution in [2.75, 3.05) is 10.2 Å². The number of amides is 2. The van der Waals surface area contributed by atoms with Crippen molar-refractivity contribution in [1.82, 2.24) is 18.8 Å². The van der Waals surface area contributed by atoms with Gasteiger partial charge >= 0.3 is 12.2 Å². The number of carbonyl (C=O) groups is 2. The zero-order valence-corrected chi connectivity index (χ0v) is 31.9. The summed E-state index contributed by atoms with van der Waals surface area (Å²) in [5.74, 6) is 0. The molecule has 2 amide bonds. The molecule has 16 nitrogen and oxygen atoms in total. The zero-order chi connectivity index (χ0) is 39.8. The standard InChI is InChI=1S/2C18H20N4O4S/c1-18(2,3)26-17(23)21-13-7-8-16-20-10-15(22(16)11-13)12-5-4-6-14(9-12)27(19,24)25;1-18(2,3)22(17(23)24)13-7-8-16-20-10-15(21(16)11-13)12-5-4-6-14(9-12)27(19,25)26/h4-11H,1-3H3,(H,21,23)(H2,19,24,25);4-11H,1-3H3,(H,23,24)(H2,19,25,26). The second kappa shape index (κ2) is 14.5. The summed E-state index contributed by atoms with van der Waals surface area (Å²) in [6.45, 7) is 10.7. The first-order valence-corrected chi connectivity index (χ1v) is 19.3. The Hall–Kier alpha value is -5.82. The van der Waals surface area contributed by atoms with Crippen LogP contribution in [0.25, 0.3) is 33.8 Å². The van der Waals surface area contributed by atoms with Crippen LogP contribution in [0.4, 0.5) is 21.0 Å². The third kappa shape index (κ3) is 9.21. The van der Waals surface area contributed by atoms with Crippen LogP contribution in [0, 0.1) is 0 Å². The fourth-order valence-corrected chi connectivity index (χ4v) is 6.57. The molecule has 2 aromatic carbocycles. The van der Waals surface area contributed by atoms with E-state index in [4.69, 9.17) is 15.0 Å². The average Bonchev–Trinajstić information content (AvgIpc) is 3.67. The highest BCUT2D eigenvalue weighted by atomic mass is 32.2. The summed E-state index contributed by atoms with van der Waals surface area (Å²) < 4.78 is 55.2. The van der Waals surface area contributed by atoms with E-state index in [2.05, 4.69) is 15.3 Å². The molecule has 0 aliphatic heterocycles. The SMILES string of the molecule is CC(C)(C)N(C(=O)O)c1ccc2ncc(-c3cccc(S(N)(=O)=O)c3)n2c1.CC(C)(C)OC(=O)Nc1ccc2ncc(-c3cccc(S(N)(=O)=O)c3)n2c1. The zero-order valence-electron chi connectivity index (χ0n) is 30.2. The number of imidazole rings is 2. The highest BCUT2D eigenvalue weighted by Crippen LogP contribution is 2.29. The van der Waals surface area contributed by atoms with Crippen molar-refractivity contribution in [3.63, 3.8) is 0 Å². The normalized spacial score (nSPS) is 12.2. The molecule has 284 valence electrons. The van der Waals surface area contributed by atoms with E-state index >= 15 is 0 Å². The fraction of sp³-hybridized carbons (Fsp3) is 0.222. The molecule has 0 unspecified atom stereocenters. The molecule has 0 spiro atoms. The van der Waals surface area contributed by atoms with Crippen molar-refractivity contribution < 1.29 is 36.3 Å². The van der Waals surface area contributed by atoms with Gasteiger partial charge in [0.2, 0.25) is 20.0 Å². The van der Waals surface area contributed by atoms with E-state index in [1.807, 2.05) is 0 Å². The Morgan fingerprint density at radius 2 is 1.22 bits per heavy atom. The molecule has 6 aromatic rings. The summed E-state index contributed by atoms with van der Waals surface area (Å²) in [4.78, 5) is 33.6. The number of nitrogens with one attached hydrogen (secondary N) is 1. The van der Waals surface area contributed by atoms with Gasteiger partial charge in [0.1, 0.15) is 16.9 Å². The maximum atomic E-state index is 12.0. The van der Waals surface area contributed by atoms with E-state index in [-0.39, 0.29) is 9.79 Å². The molecule has 0 aliphatic carbocycles. The highest BCUT2D eigenvalue weighted by Gasteiger charge is 2.28. The number of benzene rings is 2. The molecule has 0 saturated carbocycles. The van der Waals surface area contributed by atoms with Gasteiger partial charge in [-0.3, -0.25) is 19.0 Å². The number of rotatable bonds is 6. The number of nitrogens with two attached hydrogens (primary N) is 2. The lowest BCUT2D eigenvalue weighted by Gasteiger charge is -2.33. The molecule has 0 bridgehead atoms. The maximum absolute atomic E-state index is 12.0. The molecular formula is C36H40N8O8S2. The first-order chi connectivity index (χ1) is 25.0. The van der Waals surface area contributed by atoms with Crippen LogP contribution in [-0.2, 0) is 24.8 Å². The van der Waals surface area contributed by atoms with Crippen LogP contribution in [0.2, 0.25) is 0 Å². The van der Waals surface area contributed by atoms with Gasteiger partial charge in [0.05, 0.1) is 44.9 Å². The van der Waals surface area contributed by atoms with E-state index in [0.717, 1.165) is 0 Å². The predicted octanol–water partition coefficient (Wildman–Crippen LogP) is 5.93. The van der Waals surface area contributed by atoms with Gasteiger partial charge in [-0.1, -0.05) is 24.3 Å². The minimum absolute atomic E-state index is 0.00652. The van der Waals surface area contributed by atoms with Crippen molar-refractivity contribution in [2.45, 2.75) is 62.5 Å². The number of aromatic nitrogens is 4. The van der Waals surface area contributed by atoms with E-state index in [9.17, 15) is 31.5 Å². The fourth-order valence-electron chi connectivity index (χ4n) is 5.45. The van der Waals surface area contributed by atoms with Gasteiger partial charge in [0, 0.05) is 29.1 Å². The Bertz CT molecular complexity index is 2600. The molecule has 0 radical (unpaired) electrons. The minimum atomic E-state index is -3.84. The van der Waals surface area contributed by atoms with Crippen LogP contribution in [0.5, 0.6) is 0 Å². The van der Waals surface area contributed by atoms with Crippen LogP contribution in [-0.4, -0.2) is 64.0 Å². The molecule has 4 heterocycles. The average molecular weight is 777 g/mol. The predicted molar refractivity (Wildman–Crippen MR) is 204 cm³/mol. The lowest BCUT2D eigenvalue weighted by Crippen LogP contribution is -2.45. The van der Waals surface area contributed by atoms with Gasteiger partial charge in [-0.15, -0.1) is 0 Å². The number of nitrogens with zero attached hydrogens (tertiary/aromatic N) is 5. The number of hydrogen-bond donors (Lipinski definition) is 4. The molecule has 0 atom stereocenters. The smallest absolute Gasteiger partial charge is 0.412 e. The molecular weight excluding hydrogens is 737 g/mol. The number of hydrogen-bond acceptors (Lipinski definition) is 9. The molecule has 0 aliphatic rings. The largest absolute Gasteiger partial charge is 0.465 e. The number of ether oxygens (including phenoxy) is 1. The molecule has 0 fully saturated rings. The summed E-state index contributed by atoms with van der Waals surface area (Å²) in [6, 6.07) is 19.3. The van der Waals surface area contributed by atoms with Gasteiger partial charge < -0.3 is 9.84 Å². The Morgan fingerprint density at radius 1 is 0.741 bits per heavy atom. The monoisotopic (exact) mass is 776 g/mol. The van der Waals surface area contributed by atoms with Crippen molar-refractivity contribution in [2.24, 2.45) is 10.3 Å². The van der Waals surface area contributed by atoms with Crippen LogP contribution in [0.15, 0.2) is 107 Å². The number of pyridine rings is 2. The van der Waals surface area contributed by atoms with E-state index in [1.54, 1.807) is 124 Å². The molecule has 4 aromatic heterocycles. The summed E-state index contributed by atoms with van der Waals surface area (Å²) in [5.41, 5.74) is 3.49. The quantitative estimate of drug-likeness (QED) is 0.156. The van der Waals surface area contributed by atoms with Gasteiger partial charge in [0.25, 0.3) is 0 Å². The topological polar surface area (TPSA) is 234 Å². The number of carbonyl (C=O) groups excluding carboxylic acids is 1. The minimum Gasteiger partial charge on any atom is -0.465 e. The van der Waals surface area contributed by atoms with Crippen LogP contribution in [0.3, 0.4) is 0 Å². The Labute approximate surface area is 312 Å². The molecule has 0 saturated heterocycles. The Kier molecular flexibility index (Phi) is 10.6.